The molecule has 0 atom stereocenters. The number of aromatic nitrogens is 1. The van der Waals surface area contributed by atoms with Crippen molar-refractivity contribution in [3.05, 3.63) is 54.2 Å². The number of amides is 1. The topological polar surface area (TPSA) is 46.3 Å². The van der Waals surface area contributed by atoms with E-state index >= 15 is 0 Å². The van der Waals surface area contributed by atoms with Crippen LogP contribution in [0, 0.1) is 0 Å². The van der Waals surface area contributed by atoms with Crippen LogP contribution in [0.1, 0.15) is 18.2 Å². The van der Waals surface area contributed by atoms with Crippen molar-refractivity contribution < 1.29 is 9.21 Å². The van der Waals surface area contributed by atoms with Crippen molar-refractivity contribution in [2.45, 2.75) is 19.9 Å². The Labute approximate surface area is 106 Å². The second kappa shape index (κ2) is 6.00. The second-order valence-corrected chi connectivity index (χ2v) is 4.05. The lowest BCUT2D eigenvalue weighted by Crippen LogP contribution is -2.31. The van der Waals surface area contributed by atoms with Crippen molar-refractivity contribution in [2.24, 2.45) is 0 Å². The molecular weight excluding hydrogens is 228 g/mol. The van der Waals surface area contributed by atoms with Gasteiger partial charge in [0.15, 0.2) is 6.39 Å². The van der Waals surface area contributed by atoms with Crippen LogP contribution in [-0.2, 0) is 17.8 Å². The number of benzene rings is 1. The lowest BCUT2D eigenvalue weighted by atomic mass is 10.2. The third-order valence-electron chi connectivity index (χ3n) is 2.77. The van der Waals surface area contributed by atoms with Gasteiger partial charge >= 0.3 is 0 Å². The molecular formula is C14H16N2O2. The van der Waals surface area contributed by atoms with E-state index in [0.717, 1.165) is 5.56 Å². The summed E-state index contributed by atoms with van der Waals surface area (Å²) in [7, 11) is 0. The van der Waals surface area contributed by atoms with Gasteiger partial charge in [0, 0.05) is 13.1 Å². The van der Waals surface area contributed by atoms with Gasteiger partial charge in [0.25, 0.3) is 0 Å². The Kier molecular flexibility index (Phi) is 4.12. The smallest absolute Gasteiger partial charge is 0.229 e. The van der Waals surface area contributed by atoms with Crippen molar-refractivity contribution in [3.8, 4) is 0 Å². The first kappa shape index (κ1) is 12.4. The van der Waals surface area contributed by atoms with E-state index in [2.05, 4.69) is 4.98 Å². The van der Waals surface area contributed by atoms with E-state index in [1.807, 2.05) is 42.2 Å². The summed E-state index contributed by atoms with van der Waals surface area (Å²) in [6, 6.07) is 9.96. The summed E-state index contributed by atoms with van der Waals surface area (Å²) in [6.07, 6.45) is 3.14. The van der Waals surface area contributed by atoms with Crippen LogP contribution in [-0.4, -0.2) is 22.3 Å². The van der Waals surface area contributed by atoms with E-state index in [-0.39, 0.29) is 12.3 Å². The molecule has 0 saturated carbocycles. The molecule has 0 saturated heterocycles. The summed E-state index contributed by atoms with van der Waals surface area (Å²) >= 11 is 0. The standard InChI is InChI=1S/C14H16N2O2/c1-2-16(9-12-6-4-3-5-7-12)14(17)8-13-10-18-11-15-13/h3-7,10-11H,2,8-9H2,1H3. The van der Waals surface area contributed by atoms with Gasteiger partial charge in [0.2, 0.25) is 5.91 Å². The van der Waals surface area contributed by atoms with Gasteiger partial charge in [0.05, 0.1) is 12.1 Å². The average molecular weight is 244 g/mol. The van der Waals surface area contributed by atoms with Gasteiger partial charge < -0.3 is 9.32 Å². The molecule has 0 fully saturated rings. The normalized spacial score (nSPS) is 10.3. The Morgan fingerprint density at radius 1 is 1.33 bits per heavy atom. The molecule has 1 aromatic heterocycles. The average Bonchev–Trinajstić information content (AvgIpc) is 2.90. The molecule has 1 heterocycles. The van der Waals surface area contributed by atoms with E-state index in [4.69, 9.17) is 4.42 Å². The molecule has 0 aliphatic rings. The number of oxazole rings is 1. The highest BCUT2D eigenvalue weighted by atomic mass is 16.3. The third-order valence-corrected chi connectivity index (χ3v) is 2.77. The maximum absolute atomic E-state index is 12.1. The van der Waals surface area contributed by atoms with Crippen LogP contribution in [0.25, 0.3) is 0 Å². The Balaban J connectivity index is 1.98. The highest BCUT2D eigenvalue weighted by Gasteiger charge is 2.13. The van der Waals surface area contributed by atoms with Gasteiger partial charge in [-0.05, 0) is 12.5 Å². The van der Waals surface area contributed by atoms with Crippen LogP contribution >= 0.6 is 0 Å². The van der Waals surface area contributed by atoms with E-state index < -0.39 is 0 Å². The summed E-state index contributed by atoms with van der Waals surface area (Å²) in [6.45, 7) is 3.29. The fourth-order valence-corrected chi connectivity index (χ4v) is 1.77. The van der Waals surface area contributed by atoms with E-state index in [9.17, 15) is 4.79 Å². The highest BCUT2D eigenvalue weighted by Crippen LogP contribution is 2.07. The molecule has 0 spiro atoms. The fraction of sp³-hybridized carbons (Fsp3) is 0.286. The summed E-state index contributed by atoms with van der Waals surface area (Å²) in [5.41, 5.74) is 1.80. The van der Waals surface area contributed by atoms with Crippen LogP contribution in [0.4, 0.5) is 0 Å². The van der Waals surface area contributed by atoms with Gasteiger partial charge in [-0.2, -0.15) is 0 Å². The molecule has 0 unspecified atom stereocenters. The third kappa shape index (κ3) is 3.20. The Hall–Kier alpha value is -2.10. The first-order valence-electron chi connectivity index (χ1n) is 5.98. The summed E-state index contributed by atoms with van der Waals surface area (Å²) in [5.74, 6) is 0.0650. The van der Waals surface area contributed by atoms with E-state index in [1.54, 1.807) is 0 Å². The van der Waals surface area contributed by atoms with Crippen LogP contribution in [0.3, 0.4) is 0 Å². The molecule has 2 aromatic rings. The Morgan fingerprint density at radius 2 is 2.11 bits per heavy atom. The molecule has 0 radical (unpaired) electrons. The molecule has 94 valence electrons. The molecule has 0 N–H and O–H groups in total. The maximum atomic E-state index is 12.1. The lowest BCUT2D eigenvalue weighted by molar-refractivity contribution is -0.130. The van der Waals surface area contributed by atoms with Gasteiger partial charge in [-0.1, -0.05) is 30.3 Å². The van der Waals surface area contributed by atoms with Crippen molar-refractivity contribution in [3.63, 3.8) is 0 Å². The minimum Gasteiger partial charge on any atom is -0.451 e. The molecule has 4 heteroatoms. The zero-order valence-corrected chi connectivity index (χ0v) is 10.4. The lowest BCUT2D eigenvalue weighted by Gasteiger charge is -2.20. The van der Waals surface area contributed by atoms with Crippen LogP contribution in [0.2, 0.25) is 0 Å². The second-order valence-electron chi connectivity index (χ2n) is 4.05. The van der Waals surface area contributed by atoms with Gasteiger partial charge in [0.1, 0.15) is 6.26 Å². The zero-order valence-electron chi connectivity index (χ0n) is 10.4. The van der Waals surface area contributed by atoms with Crippen LogP contribution < -0.4 is 0 Å². The van der Waals surface area contributed by atoms with Gasteiger partial charge in [-0.3, -0.25) is 4.79 Å². The predicted octanol–water partition coefficient (Wildman–Crippen LogP) is 2.27. The Bertz CT molecular complexity index is 480. The number of nitrogens with zero attached hydrogens (tertiary/aromatic N) is 2. The Morgan fingerprint density at radius 3 is 2.72 bits per heavy atom. The SMILES string of the molecule is CCN(Cc1ccccc1)C(=O)Cc1cocn1. The molecule has 18 heavy (non-hydrogen) atoms. The first-order valence-corrected chi connectivity index (χ1v) is 5.98. The molecule has 0 aliphatic heterocycles. The summed E-state index contributed by atoms with van der Waals surface area (Å²) in [4.78, 5) is 17.9. The van der Waals surface area contributed by atoms with Crippen molar-refractivity contribution in [1.82, 2.24) is 9.88 Å². The molecule has 2 rings (SSSR count). The zero-order chi connectivity index (χ0) is 12.8. The molecule has 1 amide bonds. The fourth-order valence-electron chi connectivity index (χ4n) is 1.77. The predicted molar refractivity (Wildman–Crippen MR) is 67.7 cm³/mol. The maximum Gasteiger partial charge on any atom is 0.229 e. The largest absolute Gasteiger partial charge is 0.451 e. The minimum atomic E-state index is 0.0650. The number of carbonyl (C=O) groups excluding carboxylic acids is 1. The quantitative estimate of drug-likeness (QED) is 0.810. The number of rotatable bonds is 5. The monoisotopic (exact) mass is 244 g/mol. The van der Waals surface area contributed by atoms with Gasteiger partial charge in [-0.25, -0.2) is 4.98 Å². The van der Waals surface area contributed by atoms with Crippen molar-refractivity contribution in [2.75, 3.05) is 6.54 Å². The van der Waals surface area contributed by atoms with E-state index in [1.165, 1.54) is 12.7 Å². The van der Waals surface area contributed by atoms with Gasteiger partial charge in [-0.15, -0.1) is 0 Å². The van der Waals surface area contributed by atoms with Crippen LogP contribution in [0.5, 0.6) is 0 Å². The number of hydrogen-bond donors (Lipinski definition) is 0. The number of carbonyl (C=O) groups is 1. The molecule has 0 aliphatic carbocycles. The highest BCUT2D eigenvalue weighted by molar-refractivity contribution is 5.78. The summed E-state index contributed by atoms with van der Waals surface area (Å²) < 4.78 is 4.87. The first-order chi connectivity index (χ1) is 8.79. The van der Waals surface area contributed by atoms with E-state index in [0.29, 0.717) is 18.8 Å². The molecule has 1 aromatic carbocycles. The number of likely N-dealkylation sites (N-methyl/N-ethyl adjacent to an activating group) is 1. The number of hydrogen-bond acceptors (Lipinski definition) is 3. The van der Waals surface area contributed by atoms with Crippen LogP contribution in [0.15, 0.2) is 47.4 Å². The van der Waals surface area contributed by atoms with Crippen molar-refractivity contribution in [1.29, 1.82) is 0 Å². The molecule has 4 nitrogen and oxygen atoms in total. The summed E-state index contributed by atoms with van der Waals surface area (Å²) in [5, 5.41) is 0. The minimum absolute atomic E-state index is 0.0650. The molecule has 0 bridgehead atoms. The van der Waals surface area contributed by atoms with Crippen molar-refractivity contribution >= 4 is 5.91 Å².